The standard InChI is InChI=1S/C24H24Cl2N2O3/c1-4-8-19-16(5-2)22(17-9-6-7-10-20(17)27-19)24(30)31-14(3)23(29)28-21-12-11-15(25)13-18(21)26/h6-7,9-14H,4-5,8H2,1-3H3,(H,28,29). The van der Waals surface area contributed by atoms with E-state index in [9.17, 15) is 9.59 Å². The maximum atomic E-state index is 13.2. The summed E-state index contributed by atoms with van der Waals surface area (Å²) in [6.07, 6.45) is 1.29. The molecule has 0 radical (unpaired) electrons. The quantitative estimate of drug-likeness (QED) is 0.425. The van der Waals surface area contributed by atoms with Crippen LogP contribution < -0.4 is 5.32 Å². The lowest BCUT2D eigenvalue weighted by atomic mass is 9.96. The summed E-state index contributed by atoms with van der Waals surface area (Å²) >= 11 is 12.0. The van der Waals surface area contributed by atoms with E-state index in [0.29, 0.717) is 27.7 Å². The molecule has 31 heavy (non-hydrogen) atoms. The minimum atomic E-state index is -1.02. The van der Waals surface area contributed by atoms with E-state index in [-0.39, 0.29) is 0 Å². The molecule has 0 aliphatic rings. The highest BCUT2D eigenvalue weighted by atomic mass is 35.5. The monoisotopic (exact) mass is 458 g/mol. The maximum absolute atomic E-state index is 13.2. The van der Waals surface area contributed by atoms with Crippen molar-refractivity contribution in [3.05, 3.63) is 69.3 Å². The number of nitrogens with zero attached hydrogens (tertiary/aromatic N) is 1. The predicted molar refractivity (Wildman–Crippen MR) is 125 cm³/mol. The van der Waals surface area contributed by atoms with Crippen LogP contribution in [0.2, 0.25) is 10.0 Å². The molecule has 1 heterocycles. The van der Waals surface area contributed by atoms with Gasteiger partial charge in [0.2, 0.25) is 0 Å². The lowest BCUT2D eigenvalue weighted by Gasteiger charge is -2.18. The number of carbonyl (C=O) groups excluding carboxylic acids is 2. The number of anilines is 1. The van der Waals surface area contributed by atoms with Crippen LogP contribution in [0, 0.1) is 0 Å². The van der Waals surface area contributed by atoms with Crippen LogP contribution in [0.3, 0.4) is 0 Å². The van der Waals surface area contributed by atoms with Crippen molar-refractivity contribution in [1.29, 1.82) is 0 Å². The number of hydrogen-bond acceptors (Lipinski definition) is 4. The summed E-state index contributed by atoms with van der Waals surface area (Å²) in [5.74, 6) is -1.03. The zero-order valence-corrected chi connectivity index (χ0v) is 19.2. The maximum Gasteiger partial charge on any atom is 0.339 e. The van der Waals surface area contributed by atoms with Crippen molar-refractivity contribution >= 4 is 51.7 Å². The van der Waals surface area contributed by atoms with Gasteiger partial charge in [0.05, 0.1) is 21.8 Å². The Kier molecular flexibility index (Phi) is 7.52. The molecule has 0 aliphatic heterocycles. The molecule has 5 nitrogen and oxygen atoms in total. The van der Waals surface area contributed by atoms with Crippen LogP contribution in [0.4, 0.5) is 5.69 Å². The summed E-state index contributed by atoms with van der Waals surface area (Å²) in [4.78, 5) is 30.6. The van der Waals surface area contributed by atoms with E-state index in [4.69, 9.17) is 32.9 Å². The fraction of sp³-hybridized carbons (Fsp3) is 0.292. The number of ether oxygens (including phenoxy) is 1. The minimum absolute atomic E-state index is 0.303. The Balaban J connectivity index is 1.89. The molecular weight excluding hydrogens is 435 g/mol. The molecule has 1 N–H and O–H groups in total. The van der Waals surface area contributed by atoms with Gasteiger partial charge in [-0.1, -0.05) is 61.7 Å². The molecule has 0 saturated heterocycles. The van der Waals surface area contributed by atoms with Crippen molar-refractivity contribution in [3.8, 4) is 0 Å². The SMILES string of the molecule is CCCc1nc2ccccc2c(C(=O)OC(C)C(=O)Nc2ccc(Cl)cc2Cl)c1CC. The van der Waals surface area contributed by atoms with Crippen molar-refractivity contribution < 1.29 is 14.3 Å². The summed E-state index contributed by atoms with van der Waals surface area (Å²) in [5.41, 5.74) is 3.35. The second kappa shape index (κ2) is 10.1. The zero-order valence-electron chi connectivity index (χ0n) is 17.7. The van der Waals surface area contributed by atoms with E-state index in [2.05, 4.69) is 12.2 Å². The van der Waals surface area contributed by atoms with Gasteiger partial charge in [0.1, 0.15) is 0 Å². The molecule has 0 bridgehead atoms. The van der Waals surface area contributed by atoms with Gasteiger partial charge in [-0.25, -0.2) is 4.79 Å². The molecule has 3 rings (SSSR count). The van der Waals surface area contributed by atoms with E-state index in [1.807, 2.05) is 31.2 Å². The Morgan fingerprint density at radius 1 is 1.13 bits per heavy atom. The molecular formula is C24H24Cl2N2O3. The third-order valence-electron chi connectivity index (χ3n) is 4.97. The number of esters is 1. The fourth-order valence-electron chi connectivity index (χ4n) is 3.46. The molecule has 1 atom stereocenters. The minimum Gasteiger partial charge on any atom is -0.449 e. The highest BCUT2D eigenvalue weighted by Crippen LogP contribution is 2.28. The summed E-state index contributed by atoms with van der Waals surface area (Å²) in [6, 6.07) is 12.2. The molecule has 1 unspecified atom stereocenters. The molecule has 0 fully saturated rings. The number of benzene rings is 2. The Hall–Kier alpha value is -2.63. The van der Waals surface area contributed by atoms with Crippen molar-refractivity contribution in [2.45, 2.75) is 46.1 Å². The lowest BCUT2D eigenvalue weighted by molar-refractivity contribution is -0.123. The van der Waals surface area contributed by atoms with E-state index in [1.54, 1.807) is 12.1 Å². The van der Waals surface area contributed by atoms with Crippen molar-refractivity contribution in [2.24, 2.45) is 0 Å². The molecule has 0 saturated carbocycles. The third kappa shape index (κ3) is 5.17. The molecule has 2 aromatic carbocycles. The number of para-hydroxylation sites is 1. The number of halogens is 2. The number of aryl methyl sites for hydroxylation is 1. The summed E-state index contributed by atoms with van der Waals surface area (Å²) in [6.45, 7) is 5.59. The number of pyridine rings is 1. The Morgan fingerprint density at radius 2 is 1.87 bits per heavy atom. The predicted octanol–water partition coefficient (Wildman–Crippen LogP) is 6.24. The first-order valence-electron chi connectivity index (χ1n) is 10.2. The number of hydrogen-bond donors (Lipinski definition) is 1. The first kappa shape index (κ1) is 23.0. The Labute approximate surface area is 191 Å². The van der Waals surface area contributed by atoms with E-state index < -0.39 is 18.0 Å². The Bertz CT molecular complexity index is 1130. The van der Waals surface area contributed by atoms with E-state index in [1.165, 1.54) is 13.0 Å². The van der Waals surface area contributed by atoms with Gasteiger partial charge >= 0.3 is 5.97 Å². The van der Waals surface area contributed by atoms with Gasteiger partial charge in [0.15, 0.2) is 6.10 Å². The first-order valence-corrected chi connectivity index (χ1v) is 11.0. The van der Waals surface area contributed by atoms with Crippen LogP contribution in [-0.4, -0.2) is 23.0 Å². The summed E-state index contributed by atoms with van der Waals surface area (Å²) in [7, 11) is 0. The molecule has 0 aliphatic carbocycles. The average Bonchev–Trinajstić information content (AvgIpc) is 2.74. The van der Waals surface area contributed by atoms with Gasteiger partial charge in [0, 0.05) is 16.1 Å². The van der Waals surface area contributed by atoms with Gasteiger partial charge in [-0.2, -0.15) is 0 Å². The number of amides is 1. The molecule has 7 heteroatoms. The lowest BCUT2D eigenvalue weighted by Crippen LogP contribution is -2.30. The number of aromatic nitrogens is 1. The van der Waals surface area contributed by atoms with Gasteiger partial charge in [-0.05, 0) is 49.6 Å². The number of rotatable bonds is 7. The van der Waals surface area contributed by atoms with Gasteiger partial charge in [-0.3, -0.25) is 9.78 Å². The fourth-order valence-corrected chi connectivity index (χ4v) is 3.91. The van der Waals surface area contributed by atoms with Crippen molar-refractivity contribution in [1.82, 2.24) is 4.98 Å². The topological polar surface area (TPSA) is 68.3 Å². The second-order valence-corrected chi connectivity index (χ2v) is 8.04. The van der Waals surface area contributed by atoms with Gasteiger partial charge in [0.25, 0.3) is 5.91 Å². The van der Waals surface area contributed by atoms with Crippen LogP contribution in [0.25, 0.3) is 10.9 Å². The van der Waals surface area contributed by atoms with Crippen LogP contribution in [0.1, 0.15) is 48.8 Å². The average molecular weight is 459 g/mol. The van der Waals surface area contributed by atoms with Gasteiger partial charge < -0.3 is 10.1 Å². The van der Waals surface area contributed by atoms with Crippen LogP contribution in [0.15, 0.2) is 42.5 Å². The normalized spacial score (nSPS) is 11.9. The number of nitrogens with one attached hydrogen (secondary N) is 1. The molecule has 1 amide bonds. The number of carbonyl (C=O) groups is 2. The van der Waals surface area contributed by atoms with E-state index in [0.717, 1.165) is 35.0 Å². The first-order chi connectivity index (χ1) is 14.8. The highest BCUT2D eigenvalue weighted by Gasteiger charge is 2.25. The molecule has 1 aromatic heterocycles. The second-order valence-electron chi connectivity index (χ2n) is 7.19. The van der Waals surface area contributed by atoms with E-state index >= 15 is 0 Å². The summed E-state index contributed by atoms with van der Waals surface area (Å²) in [5, 5.41) is 4.16. The largest absolute Gasteiger partial charge is 0.449 e. The highest BCUT2D eigenvalue weighted by molar-refractivity contribution is 6.36. The smallest absolute Gasteiger partial charge is 0.339 e. The van der Waals surface area contributed by atoms with Gasteiger partial charge in [-0.15, -0.1) is 0 Å². The van der Waals surface area contributed by atoms with Crippen LogP contribution in [-0.2, 0) is 22.4 Å². The van der Waals surface area contributed by atoms with Crippen molar-refractivity contribution in [3.63, 3.8) is 0 Å². The Morgan fingerprint density at radius 3 is 2.55 bits per heavy atom. The van der Waals surface area contributed by atoms with Crippen molar-refractivity contribution in [2.75, 3.05) is 5.32 Å². The molecule has 0 spiro atoms. The van der Waals surface area contributed by atoms with Crippen LogP contribution in [0.5, 0.6) is 0 Å². The third-order valence-corrected chi connectivity index (χ3v) is 5.51. The van der Waals surface area contributed by atoms with Crippen LogP contribution >= 0.6 is 23.2 Å². The summed E-state index contributed by atoms with van der Waals surface area (Å²) < 4.78 is 5.57. The molecule has 162 valence electrons. The zero-order chi connectivity index (χ0) is 22.5. The molecule has 3 aromatic rings. The number of fused-ring (bicyclic) bond motifs is 1.